The van der Waals surface area contributed by atoms with Crippen LogP contribution < -0.4 is 4.90 Å². The van der Waals surface area contributed by atoms with Crippen molar-refractivity contribution in [1.82, 2.24) is 0 Å². The molecule has 1 aromatic carbocycles. The molecule has 3 heteroatoms. The van der Waals surface area contributed by atoms with Crippen LogP contribution in [-0.2, 0) is 0 Å². The summed E-state index contributed by atoms with van der Waals surface area (Å²) < 4.78 is 0. The highest BCUT2D eigenvalue weighted by molar-refractivity contribution is 5.59. The molecule has 0 saturated carbocycles. The van der Waals surface area contributed by atoms with E-state index in [1.165, 1.54) is 5.56 Å². The Balaban J connectivity index is 2.32. The van der Waals surface area contributed by atoms with Crippen molar-refractivity contribution in [1.29, 1.82) is 5.26 Å². The molecule has 2 rings (SSSR count). The van der Waals surface area contributed by atoms with Gasteiger partial charge in [-0.05, 0) is 36.5 Å². The topological polar surface area (TPSA) is 47.3 Å². The fraction of sp³-hybridized carbons (Fsp3) is 0.533. The SMILES string of the molecule is CC(C)c1ccc(C#N)cc1N1CCC(O)CC1. The number of anilines is 1. The van der Waals surface area contributed by atoms with Gasteiger partial charge in [-0.15, -0.1) is 0 Å². The van der Waals surface area contributed by atoms with Crippen molar-refractivity contribution in [2.45, 2.75) is 38.7 Å². The van der Waals surface area contributed by atoms with Crippen LogP contribution in [0.1, 0.15) is 43.7 Å². The van der Waals surface area contributed by atoms with Gasteiger partial charge in [0.05, 0.1) is 17.7 Å². The second kappa shape index (κ2) is 5.41. The molecule has 18 heavy (non-hydrogen) atoms. The highest BCUT2D eigenvalue weighted by Gasteiger charge is 2.20. The van der Waals surface area contributed by atoms with Crippen LogP contribution in [0, 0.1) is 11.3 Å². The molecule has 96 valence electrons. The molecule has 1 saturated heterocycles. The summed E-state index contributed by atoms with van der Waals surface area (Å²) in [6.45, 7) is 6.08. The first-order valence-electron chi connectivity index (χ1n) is 6.59. The molecule has 0 radical (unpaired) electrons. The van der Waals surface area contributed by atoms with Gasteiger partial charge in [0.2, 0.25) is 0 Å². The Bertz CT molecular complexity index is 454. The molecule has 0 atom stereocenters. The molecule has 1 aliphatic rings. The molecule has 0 aliphatic carbocycles. The number of aliphatic hydroxyl groups is 1. The van der Waals surface area contributed by atoms with Crippen molar-refractivity contribution >= 4 is 5.69 Å². The van der Waals surface area contributed by atoms with Crippen molar-refractivity contribution in [3.05, 3.63) is 29.3 Å². The van der Waals surface area contributed by atoms with Crippen LogP contribution in [0.5, 0.6) is 0 Å². The van der Waals surface area contributed by atoms with Gasteiger partial charge < -0.3 is 10.0 Å². The fourth-order valence-corrected chi connectivity index (χ4v) is 2.48. The first-order valence-corrected chi connectivity index (χ1v) is 6.59. The van der Waals surface area contributed by atoms with Gasteiger partial charge in [0.1, 0.15) is 0 Å². The lowest BCUT2D eigenvalue weighted by atomic mass is 9.97. The Hall–Kier alpha value is -1.53. The van der Waals surface area contributed by atoms with Crippen molar-refractivity contribution in [3.8, 4) is 6.07 Å². The molecule has 0 spiro atoms. The molecule has 1 aliphatic heterocycles. The van der Waals surface area contributed by atoms with Crippen LogP contribution in [0.15, 0.2) is 18.2 Å². The normalized spacial score (nSPS) is 16.9. The second-order valence-electron chi connectivity index (χ2n) is 5.26. The van der Waals surface area contributed by atoms with E-state index < -0.39 is 0 Å². The number of nitriles is 1. The van der Waals surface area contributed by atoms with E-state index in [0.717, 1.165) is 31.6 Å². The summed E-state index contributed by atoms with van der Waals surface area (Å²) in [6.07, 6.45) is 1.46. The minimum absolute atomic E-state index is 0.164. The highest BCUT2D eigenvalue weighted by atomic mass is 16.3. The summed E-state index contributed by atoms with van der Waals surface area (Å²) in [5, 5.41) is 18.6. The molecular weight excluding hydrogens is 224 g/mol. The third-order valence-corrected chi connectivity index (χ3v) is 3.59. The van der Waals surface area contributed by atoms with Crippen molar-refractivity contribution < 1.29 is 5.11 Å². The largest absolute Gasteiger partial charge is 0.393 e. The molecule has 1 aromatic rings. The average Bonchev–Trinajstić information content (AvgIpc) is 2.38. The first kappa shape index (κ1) is 12.9. The van der Waals surface area contributed by atoms with Crippen molar-refractivity contribution in [3.63, 3.8) is 0 Å². The summed E-state index contributed by atoms with van der Waals surface area (Å²) in [7, 11) is 0. The quantitative estimate of drug-likeness (QED) is 0.870. The molecule has 1 fully saturated rings. The molecule has 3 nitrogen and oxygen atoms in total. The van der Waals surface area contributed by atoms with Crippen LogP contribution in [0.3, 0.4) is 0 Å². The van der Waals surface area contributed by atoms with E-state index in [2.05, 4.69) is 30.9 Å². The van der Waals surface area contributed by atoms with E-state index >= 15 is 0 Å². The lowest BCUT2D eigenvalue weighted by Gasteiger charge is -2.33. The van der Waals surface area contributed by atoms with E-state index in [9.17, 15) is 5.11 Å². The predicted molar refractivity (Wildman–Crippen MR) is 72.7 cm³/mol. The van der Waals surface area contributed by atoms with Crippen LogP contribution in [0.2, 0.25) is 0 Å². The summed E-state index contributed by atoms with van der Waals surface area (Å²) in [4.78, 5) is 2.29. The zero-order chi connectivity index (χ0) is 13.1. The van der Waals surface area contributed by atoms with E-state index in [0.29, 0.717) is 11.5 Å². The first-order chi connectivity index (χ1) is 8.61. The van der Waals surface area contributed by atoms with Crippen LogP contribution >= 0.6 is 0 Å². The second-order valence-corrected chi connectivity index (χ2v) is 5.26. The molecule has 0 aromatic heterocycles. The van der Waals surface area contributed by atoms with Crippen molar-refractivity contribution in [2.24, 2.45) is 0 Å². The van der Waals surface area contributed by atoms with Gasteiger partial charge in [-0.25, -0.2) is 0 Å². The lowest BCUT2D eigenvalue weighted by molar-refractivity contribution is 0.145. The minimum atomic E-state index is -0.164. The van der Waals surface area contributed by atoms with E-state index in [1.807, 2.05) is 12.1 Å². The third kappa shape index (κ3) is 2.65. The maximum Gasteiger partial charge on any atom is 0.0992 e. The Kier molecular flexibility index (Phi) is 3.88. The Morgan fingerprint density at radius 2 is 2.00 bits per heavy atom. The lowest BCUT2D eigenvalue weighted by Crippen LogP contribution is -2.36. The molecule has 0 unspecified atom stereocenters. The van der Waals surface area contributed by atoms with Gasteiger partial charge in [0, 0.05) is 18.8 Å². The van der Waals surface area contributed by atoms with E-state index in [-0.39, 0.29) is 6.10 Å². The molecule has 1 N–H and O–H groups in total. The van der Waals surface area contributed by atoms with Gasteiger partial charge in [-0.3, -0.25) is 0 Å². The summed E-state index contributed by atoms with van der Waals surface area (Å²) >= 11 is 0. The summed E-state index contributed by atoms with van der Waals surface area (Å²) in [5.74, 6) is 0.444. The van der Waals surface area contributed by atoms with Crippen LogP contribution in [0.4, 0.5) is 5.69 Å². The monoisotopic (exact) mass is 244 g/mol. The number of hydrogen-bond acceptors (Lipinski definition) is 3. The van der Waals surface area contributed by atoms with Crippen LogP contribution in [0.25, 0.3) is 0 Å². The van der Waals surface area contributed by atoms with E-state index in [1.54, 1.807) is 0 Å². The predicted octanol–water partition coefficient (Wildman–Crippen LogP) is 2.64. The summed E-state index contributed by atoms with van der Waals surface area (Å²) in [6, 6.07) is 8.13. The number of hydrogen-bond donors (Lipinski definition) is 1. The van der Waals surface area contributed by atoms with E-state index in [4.69, 9.17) is 5.26 Å². The zero-order valence-corrected chi connectivity index (χ0v) is 11.1. The Morgan fingerprint density at radius 3 is 2.56 bits per heavy atom. The van der Waals surface area contributed by atoms with Gasteiger partial charge in [0.25, 0.3) is 0 Å². The van der Waals surface area contributed by atoms with Crippen molar-refractivity contribution in [2.75, 3.05) is 18.0 Å². The Labute approximate surface area is 109 Å². The number of piperidine rings is 1. The van der Waals surface area contributed by atoms with Gasteiger partial charge in [-0.2, -0.15) is 5.26 Å². The minimum Gasteiger partial charge on any atom is -0.393 e. The number of aliphatic hydroxyl groups excluding tert-OH is 1. The molecule has 1 heterocycles. The maximum atomic E-state index is 9.57. The van der Waals surface area contributed by atoms with Gasteiger partial charge in [-0.1, -0.05) is 19.9 Å². The molecule has 0 amide bonds. The highest BCUT2D eigenvalue weighted by Crippen LogP contribution is 2.30. The number of rotatable bonds is 2. The Morgan fingerprint density at radius 1 is 1.33 bits per heavy atom. The van der Waals surface area contributed by atoms with Gasteiger partial charge >= 0.3 is 0 Å². The standard InChI is InChI=1S/C15H20N2O/c1-11(2)14-4-3-12(10-16)9-15(14)17-7-5-13(18)6-8-17/h3-4,9,11,13,18H,5-8H2,1-2H3. The third-order valence-electron chi connectivity index (χ3n) is 3.59. The van der Waals surface area contributed by atoms with Gasteiger partial charge in [0.15, 0.2) is 0 Å². The molecular formula is C15H20N2O. The maximum absolute atomic E-state index is 9.57. The number of nitrogens with zero attached hydrogens (tertiary/aromatic N) is 2. The van der Waals surface area contributed by atoms with Crippen LogP contribution in [-0.4, -0.2) is 24.3 Å². The zero-order valence-electron chi connectivity index (χ0n) is 11.1. The number of benzene rings is 1. The fourth-order valence-electron chi connectivity index (χ4n) is 2.48. The summed E-state index contributed by atoms with van der Waals surface area (Å²) in [5.41, 5.74) is 3.15. The smallest absolute Gasteiger partial charge is 0.0992 e. The molecule has 0 bridgehead atoms. The average molecular weight is 244 g/mol.